The van der Waals surface area contributed by atoms with Gasteiger partial charge in [-0.05, 0) is 32.4 Å². The lowest BCUT2D eigenvalue weighted by Crippen LogP contribution is -2.34. The van der Waals surface area contributed by atoms with Crippen molar-refractivity contribution in [2.24, 2.45) is 10.9 Å². The zero-order chi connectivity index (χ0) is 22.5. The molecule has 2 unspecified atom stereocenters. The Hall–Kier alpha value is -3.33. The van der Waals surface area contributed by atoms with Crippen LogP contribution in [0.4, 0.5) is 11.4 Å². The topological polar surface area (TPSA) is 113 Å². The maximum atomic E-state index is 13.1. The summed E-state index contributed by atoms with van der Waals surface area (Å²) in [7, 11) is 1.52. The monoisotopic (exact) mass is 427 g/mol. The highest BCUT2D eigenvalue weighted by atomic mass is 16.6. The van der Waals surface area contributed by atoms with Crippen molar-refractivity contribution in [3.8, 4) is 5.88 Å². The number of rotatable bonds is 8. The number of fused-ring (bicyclic) bond motifs is 1. The number of hydrogen-bond donors (Lipinski definition) is 0. The van der Waals surface area contributed by atoms with Gasteiger partial charge < -0.3 is 14.2 Å². The van der Waals surface area contributed by atoms with Gasteiger partial charge in [-0.1, -0.05) is 12.1 Å². The number of carbonyl (C=O) groups is 1. The first-order valence-electron chi connectivity index (χ1n) is 9.94. The summed E-state index contributed by atoms with van der Waals surface area (Å²) in [6, 6.07) is 7.97. The molecule has 0 fully saturated rings. The van der Waals surface area contributed by atoms with E-state index in [4.69, 9.17) is 14.2 Å². The Morgan fingerprint density at radius 2 is 2.03 bits per heavy atom. The Balaban J connectivity index is 2.17. The largest absolute Gasteiger partial charge is 0.475 e. The molecule has 1 aliphatic heterocycles. The molecule has 1 aromatic heterocycles. The maximum Gasteiger partial charge on any atom is 0.315 e. The first kappa shape index (κ1) is 22.4. The van der Waals surface area contributed by atoms with Crippen LogP contribution >= 0.6 is 0 Å². The van der Waals surface area contributed by atoms with Gasteiger partial charge in [0.1, 0.15) is 12.5 Å². The molecule has 2 heterocycles. The molecule has 1 aromatic carbocycles. The molecule has 3 rings (SSSR count). The number of nitrogens with zero attached hydrogens (tertiary/aromatic N) is 3. The molecular weight excluding hydrogens is 402 g/mol. The molecule has 2 aromatic rings. The molecule has 2 atom stereocenters. The number of nitro groups is 1. The summed E-state index contributed by atoms with van der Waals surface area (Å²) < 4.78 is 16.3. The minimum atomic E-state index is -0.787. The molecule has 164 valence electrons. The third kappa shape index (κ3) is 4.88. The molecular formula is C22H25N3O6. The first-order valence-corrected chi connectivity index (χ1v) is 9.94. The molecule has 9 heteroatoms. The van der Waals surface area contributed by atoms with Crippen LogP contribution < -0.4 is 4.74 Å². The lowest BCUT2D eigenvalue weighted by Gasteiger charge is -2.32. The van der Waals surface area contributed by atoms with E-state index in [9.17, 15) is 14.9 Å². The third-order valence-corrected chi connectivity index (χ3v) is 4.89. The number of ether oxygens (including phenoxy) is 3. The quantitative estimate of drug-likeness (QED) is 0.272. The van der Waals surface area contributed by atoms with Gasteiger partial charge in [0.15, 0.2) is 0 Å². The Kier molecular flexibility index (Phi) is 6.96. The van der Waals surface area contributed by atoms with Crippen LogP contribution in [0, 0.1) is 16.0 Å². The fraction of sp³-hybridized carbons (Fsp3) is 0.409. The second-order valence-corrected chi connectivity index (χ2v) is 7.44. The van der Waals surface area contributed by atoms with Crippen molar-refractivity contribution in [2.45, 2.75) is 32.8 Å². The number of pyridine rings is 1. The van der Waals surface area contributed by atoms with Crippen molar-refractivity contribution in [1.29, 1.82) is 0 Å². The number of hydrogen-bond acceptors (Lipinski definition) is 8. The van der Waals surface area contributed by atoms with Crippen LogP contribution in [0.15, 0.2) is 41.5 Å². The zero-order valence-corrected chi connectivity index (χ0v) is 17.9. The molecule has 0 aliphatic carbocycles. The van der Waals surface area contributed by atoms with Crippen molar-refractivity contribution < 1.29 is 23.9 Å². The summed E-state index contributed by atoms with van der Waals surface area (Å²) in [5.41, 5.74) is 2.28. The summed E-state index contributed by atoms with van der Waals surface area (Å²) in [6.45, 7) is 5.85. The highest BCUT2D eigenvalue weighted by Gasteiger charge is 2.41. The molecule has 0 bridgehead atoms. The van der Waals surface area contributed by atoms with Crippen molar-refractivity contribution in [3.63, 3.8) is 0 Å². The van der Waals surface area contributed by atoms with E-state index >= 15 is 0 Å². The average molecular weight is 427 g/mol. The number of aromatic nitrogens is 1. The lowest BCUT2D eigenvalue weighted by molar-refractivity contribution is -0.384. The van der Waals surface area contributed by atoms with Gasteiger partial charge in [-0.3, -0.25) is 19.9 Å². The van der Waals surface area contributed by atoms with Gasteiger partial charge in [0.2, 0.25) is 5.88 Å². The molecule has 0 saturated heterocycles. The number of esters is 1. The van der Waals surface area contributed by atoms with E-state index in [-0.39, 0.29) is 25.0 Å². The van der Waals surface area contributed by atoms with E-state index in [1.807, 2.05) is 13.8 Å². The van der Waals surface area contributed by atoms with Gasteiger partial charge in [-0.2, -0.15) is 0 Å². The fourth-order valence-corrected chi connectivity index (χ4v) is 3.63. The maximum absolute atomic E-state index is 13.1. The highest BCUT2D eigenvalue weighted by molar-refractivity contribution is 6.05. The Morgan fingerprint density at radius 1 is 1.26 bits per heavy atom. The zero-order valence-electron chi connectivity index (χ0n) is 17.9. The Bertz CT molecular complexity index is 1000. The summed E-state index contributed by atoms with van der Waals surface area (Å²) in [5, 5.41) is 11.4. The fourth-order valence-electron chi connectivity index (χ4n) is 3.63. The minimum Gasteiger partial charge on any atom is -0.475 e. The molecule has 0 saturated carbocycles. The predicted molar refractivity (Wildman–Crippen MR) is 114 cm³/mol. The summed E-state index contributed by atoms with van der Waals surface area (Å²) >= 11 is 0. The molecule has 0 N–H and O–H groups in total. The van der Waals surface area contributed by atoms with Crippen molar-refractivity contribution in [1.82, 2.24) is 4.98 Å². The highest BCUT2D eigenvalue weighted by Crippen LogP contribution is 2.47. The number of carbonyl (C=O) groups excluding carboxylic acids is 1. The summed E-state index contributed by atoms with van der Waals surface area (Å²) in [6.07, 6.45) is 1.43. The first-order chi connectivity index (χ1) is 14.8. The van der Waals surface area contributed by atoms with E-state index in [1.54, 1.807) is 31.3 Å². The summed E-state index contributed by atoms with van der Waals surface area (Å²) in [5.74, 6) is -1.54. The van der Waals surface area contributed by atoms with Crippen LogP contribution in [0.3, 0.4) is 0 Å². The number of benzene rings is 1. The predicted octanol–water partition coefficient (Wildman–Crippen LogP) is 3.82. The van der Waals surface area contributed by atoms with Crippen LogP contribution in [0.25, 0.3) is 0 Å². The minimum absolute atomic E-state index is 0.0686. The van der Waals surface area contributed by atoms with Gasteiger partial charge >= 0.3 is 5.97 Å². The van der Waals surface area contributed by atoms with E-state index in [0.717, 1.165) is 0 Å². The van der Waals surface area contributed by atoms with Crippen molar-refractivity contribution in [3.05, 3.63) is 57.8 Å². The molecule has 0 amide bonds. The van der Waals surface area contributed by atoms with Gasteiger partial charge in [0.25, 0.3) is 5.69 Å². The van der Waals surface area contributed by atoms with Crippen molar-refractivity contribution in [2.75, 3.05) is 20.3 Å². The Labute approximate surface area is 180 Å². The number of aliphatic imine (C=N–C) groups is 1. The van der Waals surface area contributed by atoms with Gasteiger partial charge in [0, 0.05) is 42.6 Å². The second kappa shape index (κ2) is 9.65. The molecule has 1 aliphatic rings. The van der Waals surface area contributed by atoms with Gasteiger partial charge in [-0.15, -0.1) is 0 Å². The second-order valence-electron chi connectivity index (χ2n) is 7.44. The van der Waals surface area contributed by atoms with E-state index in [2.05, 4.69) is 9.98 Å². The Morgan fingerprint density at radius 3 is 2.71 bits per heavy atom. The van der Waals surface area contributed by atoms with Gasteiger partial charge in [-0.25, -0.2) is 4.98 Å². The standard InChI is InChI=1S/C22H25N3O6/c1-13(2)31-21-20-17(8-9-23-21)24-14(3)18(22(26)30-11-10-29-4)19(20)15-6-5-7-16(12-15)25(27)28/h5-9,12-13,18-19H,10-11H2,1-4H3. The van der Waals surface area contributed by atoms with Crippen LogP contribution in [-0.4, -0.2) is 48.0 Å². The van der Waals surface area contributed by atoms with E-state index in [1.165, 1.54) is 19.2 Å². The van der Waals surface area contributed by atoms with Crippen LogP contribution in [0.1, 0.15) is 37.8 Å². The van der Waals surface area contributed by atoms with E-state index in [0.29, 0.717) is 28.4 Å². The smallest absolute Gasteiger partial charge is 0.315 e. The van der Waals surface area contributed by atoms with Crippen LogP contribution in [0.2, 0.25) is 0 Å². The molecule has 9 nitrogen and oxygen atoms in total. The van der Waals surface area contributed by atoms with Crippen molar-refractivity contribution >= 4 is 23.1 Å². The molecule has 0 spiro atoms. The normalized spacial score (nSPS) is 17.6. The van der Waals surface area contributed by atoms with Crippen LogP contribution in [0.5, 0.6) is 5.88 Å². The number of methoxy groups -OCH3 is 1. The van der Waals surface area contributed by atoms with Crippen LogP contribution in [-0.2, 0) is 14.3 Å². The average Bonchev–Trinajstić information content (AvgIpc) is 2.72. The van der Waals surface area contributed by atoms with Gasteiger partial charge in [0.05, 0.1) is 23.3 Å². The summed E-state index contributed by atoms with van der Waals surface area (Å²) in [4.78, 5) is 33.0. The van der Waals surface area contributed by atoms with E-state index < -0.39 is 22.7 Å². The number of non-ortho nitro benzene ring substituents is 1. The lowest BCUT2D eigenvalue weighted by atomic mass is 9.76. The molecule has 31 heavy (non-hydrogen) atoms. The number of nitro benzene ring substituents is 1. The molecule has 0 radical (unpaired) electrons. The third-order valence-electron chi connectivity index (χ3n) is 4.89. The SMILES string of the molecule is COCCOC(=O)C1C(C)=Nc2ccnc(OC(C)C)c2C1c1cccc([N+](=O)[O-])c1.